The molecule has 662 valence electrons. The summed E-state index contributed by atoms with van der Waals surface area (Å²) in [6.45, 7) is 32.0. The van der Waals surface area contributed by atoms with Gasteiger partial charge in [0.2, 0.25) is 30.1 Å². The lowest BCUT2D eigenvalue weighted by Crippen LogP contribution is -2.37. The number of pyridine rings is 3. The Labute approximate surface area is 736 Å². The Hall–Kier alpha value is -12.3. The number of carbonyl (C=O) groups is 3. The van der Waals surface area contributed by atoms with E-state index in [1.807, 2.05) is 161 Å². The fraction of sp³-hybridized carbons (Fsp3) is 0.303. The predicted molar refractivity (Wildman–Crippen MR) is 497 cm³/mol. The maximum absolute atomic E-state index is 13.6. The van der Waals surface area contributed by atoms with Gasteiger partial charge in [0, 0.05) is 102 Å². The van der Waals surface area contributed by atoms with Crippen LogP contribution in [-0.2, 0) is 57.5 Å². The highest BCUT2D eigenvalue weighted by molar-refractivity contribution is 7.92. The normalized spacial score (nSPS) is 14.3. The minimum absolute atomic E-state index is 0.212. The van der Waals surface area contributed by atoms with E-state index in [0.29, 0.717) is 38.9 Å². The molecule has 6 aromatic carbocycles. The van der Waals surface area contributed by atoms with E-state index in [2.05, 4.69) is 95.5 Å². The summed E-state index contributed by atoms with van der Waals surface area (Å²) in [4.78, 5) is 56.0. The fourth-order valence-electron chi connectivity index (χ4n) is 13.4. The summed E-state index contributed by atoms with van der Waals surface area (Å²) in [5, 5.41) is 14.5. The molecule has 3 amide bonds. The number of halogens is 1. The van der Waals surface area contributed by atoms with Crippen LogP contribution in [0.2, 0.25) is 5.15 Å². The Morgan fingerprint density at radius 1 is 0.464 bits per heavy atom. The number of anilines is 9. The fourth-order valence-corrected chi connectivity index (χ4v) is 15.2. The van der Waals surface area contributed by atoms with Crippen LogP contribution in [0.15, 0.2) is 171 Å². The van der Waals surface area contributed by atoms with Crippen molar-refractivity contribution < 1.29 is 58.6 Å². The number of sulfonamides is 3. The summed E-state index contributed by atoms with van der Waals surface area (Å²) < 4.78 is 102. The van der Waals surface area contributed by atoms with Crippen LogP contribution in [0, 0.1) is 20.8 Å². The molecule has 32 nitrogen and oxygen atoms in total. The first-order valence-electron chi connectivity index (χ1n) is 39.8. The van der Waals surface area contributed by atoms with Gasteiger partial charge in [0.05, 0.1) is 127 Å². The first-order chi connectivity index (χ1) is 58.8. The highest BCUT2D eigenvalue weighted by Gasteiger charge is 2.30. The SMILES string of the molecule is C=Cc1ccc(C2=CN(c3cc(C(=O)Nc4cc(C(C)(C)C)cc(NS(C)(=O)=O)c4OC)ccc3C)NN2)cn1.COc1c(NC(=O)c2ccc(C)c(N3C=C(c4ccc(CCN5CCOCC5)nc4)NN3)c2)cc(C(C)(C)C)cc1NS(C)(=O)=O.COc1c(NC(=O)c2ccc(C)c(N3C=C(c4ccc(Cl)nc4)NN3)c2)cc(C(C)(C)C)cc1NS(C)(=O)=O. The lowest BCUT2D eigenvalue weighted by Gasteiger charge is -2.26. The number of carbonyl (C=O) groups excluding carboxylic acids is 3. The summed E-state index contributed by atoms with van der Waals surface area (Å²) in [6.07, 6.45) is 16.7. The quantitative estimate of drug-likeness (QED) is 0.0236. The van der Waals surface area contributed by atoms with Crippen LogP contribution in [-0.4, -0.2) is 136 Å². The van der Waals surface area contributed by atoms with Gasteiger partial charge in [-0.1, -0.05) is 98.7 Å². The molecule has 0 unspecified atom stereocenters. The first-order valence-corrected chi connectivity index (χ1v) is 45.8. The van der Waals surface area contributed by atoms with Crippen molar-refractivity contribution in [1.29, 1.82) is 0 Å². The standard InChI is InChI=1S/C33H43N7O5S.C29H34N6O4S.C27H31ClN6O4S/c1-22-7-8-23(32(41)35-27-18-25(33(2,3)4)19-28(31(27)44-5)37-46(6,42)43)17-30(22)40-21-29(36-38-40)24-9-10-26(34-20-24)11-12-39-13-15-45-16-14-39;1-8-22-12-11-20(16-30-22)25-17-35(34-32-25)26-13-19(10-9-18(26)2)28(36)31-23-14-21(29(3,4)5)15-24(27(23)39-6)33-40(7,37)38;1-16-7-8-17(11-23(16)34-15-22(31-33-34)18-9-10-24(28)29-14-18)26(35)30-20-12-19(27(2,3)4)13-21(25(20)38-5)32-39(6,36)37/h7-10,17-21,36-38H,11-16H2,1-6H3,(H,35,41);8-17,32-34H,1H2,2-7H3,(H,31,36);7-15,31-33H,1-6H3,(H,30,35). The minimum atomic E-state index is -3.60. The lowest BCUT2D eigenvalue weighted by atomic mass is 9.86. The maximum Gasteiger partial charge on any atom is 0.255 e. The number of rotatable bonds is 25. The molecule has 36 heteroatoms. The van der Waals surface area contributed by atoms with Gasteiger partial charge in [-0.25, -0.2) is 30.2 Å². The zero-order valence-corrected chi connectivity index (χ0v) is 76.4. The molecule has 0 aliphatic carbocycles. The van der Waals surface area contributed by atoms with Gasteiger partial charge in [-0.3, -0.25) is 58.4 Å². The van der Waals surface area contributed by atoms with Gasteiger partial charge in [0.1, 0.15) is 5.15 Å². The number of hydrogen-bond acceptors (Lipinski definition) is 26. The van der Waals surface area contributed by atoms with Crippen LogP contribution in [0.3, 0.4) is 0 Å². The number of aryl methyl sites for hydroxylation is 3. The molecule has 1 fully saturated rings. The van der Waals surface area contributed by atoms with Gasteiger partial charge in [0.25, 0.3) is 17.7 Å². The number of amides is 3. The third-order valence-electron chi connectivity index (χ3n) is 20.3. The Balaban J connectivity index is 0.000000183. The van der Waals surface area contributed by atoms with Crippen molar-refractivity contribution in [2.75, 3.05) is 118 Å². The predicted octanol–water partition coefficient (Wildman–Crippen LogP) is 13.6. The van der Waals surface area contributed by atoms with Crippen molar-refractivity contribution in [3.05, 3.63) is 254 Å². The Morgan fingerprint density at radius 3 is 1.08 bits per heavy atom. The maximum atomic E-state index is 13.6. The topological polar surface area (TPSA) is 387 Å². The number of nitrogens with zero attached hydrogens (tertiary/aromatic N) is 7. The highest BCUT2D eigenvalue weighted by atomic mass is 35.5. The first kappa shape index (κ1) is 93.4. The minimum Gasteiger partial charge on any atom is -0.492 e. The molecule has 4 aliphatic rings. The Morgan fingerprint density at radius 2 is 0.792 bits per heavy atom. The zero-order chi connectivity index (χ0) is 90.8. The molecular formula is C89H108ClN19O13S3. The van der Waals surface area contributed by atoms with E-state index < -0.39 is 30.1 Å². The van der Waals surface area contributed by atoms with Gasteiger partial charge in [-0.15, -0.1) is 16.6 Å². The average molecular weight is 1780 g/mol. The molecule has 13 rings (SSSR count). The van der Waals surface area contributed by atoms with Crippen molar-refractivity contribution in [1.82, 2.24) is 52.7 Å². The molecule has 4 aliphatic heterocycles. The van der Waals surface area contributed by atoms with Crippen molar-refractivity contribution in [3.63, 3.8) is 0 Å². The van der Waals surface area contributed by atoms with E-state index in [4.69, 9.17) is 30.5 Å². The van der Waals surface area contributed by atoms with E-state index >= 15 is 0 Å². The van der Waals surface area contributed by atoms with Gasteiger partial charge in [-0.2, -0.15) is 0 Å². The second kappa shape index (κ2) is 38.8. The van der Waals surface area contributed by atoms with Crippen molar-refractivity contribution >= 4 is 134 Å². The molecule has 12 N–H and O–H groups in total. The third-order valence-corrected chi connectivity index (χ3v) is 22.3. The van der Waals surface area contributed by atoms with Crippen LogP contribution in [0.1, 0.15) is 155 Å². The molecule has 0 radical (unpaired) electrons. The molecule has 0 spiro atoms. The largest absolute Gasteiger partial charge is 0.492 e. The zero-order valence-electron chi connectivity index (χ0n) is 73.2. The van der Waals surface area contributed by atoms with Crippen molar-refractivity contribution in [2.24, 2.45) is 0 Å². The number of morpholine rings is 1. The van der Waals surface area contributed by atoms with Gasteiger partial charge < -0.3 is 51.2 Å². The van der Waals surface area contributed by atoms with E-state index in [-0.39, 0.29) is 68.3 Å². The van der Waals surface area contributed by atoms with E-state index in [1.54, 1.807) is 101 Å². The van der Waals surface area contributed by atoms with Crippen LogP contribution in [0.25, 0.3) is 23.2 Å². The van der Waals surface area contributed by atoms with E-state index in [1.165, 1.54) is 21.3 Å². The second-order valence-corrected chi connectivity index (χ2v) is 38.9. The van der Waals surface area contributed by atoms with Crippen LogP contribution >= 0.6 is 11.6 Å². The van der Waals surface area contributed by atoms with E-state index in [9.17, 15) is 39.6 Å². The lowest BCUT2D eigenvalue weighted by molar-refractivity contribution is 0.0383. The molecule has 7 heterocycles. The molecule has 0 bridgehead atoms. The number of benzene rings is 6. The Kier molecular flexibility index (Phi) is 29.0. The number of ether oxygens (including phenoxy) is 4. The van der Waals surface area contributed by atoms with Crippen LogP contribution < -0.4 is 92.2 Å². The van der Waals surface area contributed by atoms with Crippen LogP contribution in [0.4, 0.5) is 51.2 Å². The summed E-state index contributed by atoms with van der Waals surface area (Å²) >= 11 is 5.90. The molecule has 125 heavy (non-hydrogen) atoms. The van der Waals surface area contributed by atoms with Gasteiger partial charge in [-0.05, 0) is 186 Å². The number of methoxy groups -OCH3 is 3. The monoisotopic (exact) mass is 1780 g/mol. The molecular weight excluding hydrogens is 1670 g/mol. The molecule has 0 atom stereocenters. The van der Waals surface area contributed by atoms with Gasteiger partial charge in [0.15, 0.2) is 17.2 Å². The highest BCUT2D eigenvalue weighted by Crippen LogP contribution is 2.44. The second-order valence-electron chi connectivity index (χ2n) is 33.3. The number of hydrazine groups is 6. The molecule has 0 saturated carbocycles. The smallest absolute Gasteiger partial charge is 0.255 e. The third kappa shape index (κ3) is 24.6. The van der Waals surface area contributed by atoms with Crippen LogP contribution in [0.5, 0.6) is 17.2 Å². The number of hydrogen-bond donors (Lipinski definition) is 12. The van der Waals surface area contributed by atoms with Gasteiger partial charge >= 0.3 is 0 Å². The Bertz CT molecular complexity index is 6010. The van der Waals surface area contributed by atoms with Crippen molar-refractivity contribution in [3.8, 4) is 17.2 Å². The number of nitrogens with one attached hydrogen (secondary N) is 12. The number of aromatic nitrogens is 3. The summed E-state index contributed by atoms with van der Waals surface area (Å²) in [5.41, 5.74) is 35.3. The summed E-state index contributed by atoms with van der Waals surface area (Å²) in [5.74, 6) is -0.487. The average Bonchev–Trinajstić information content (AvgIpc) is 1.77. The molecule has 3 aromatic heterocycles. The van der Waals surface area contributed by atoms with Crippen molar-refractivity contribution in [2.45, 2.75) is 106 Å². The molecule has 1 saturated heterocycles. The summed E-state index contributed by atoms with van der Waals surface area (Å²) in [6, 6.07) is 38.1. The van der Waals surface area contributed by atoms with E-state index in [0.717, 1.165) is 154 Å². The molecule has 9 aromatic rings. The summed E-state index contributed by atoms with van der Waals surface area (Å²) in [7, 11) is -6.50.